The maximum Gasteiger partial charge on any atom is 0.257 e. The molecule has 24 heavy (non-hydrogen) atoms. The maximum absolute atomic E-state index is 12.6. The molecule has 0 spiro atoms. The molecule has 0 aliphatic rings. The van der Waals surface area contributed by atoms with Crippen LogP contribution in [0.15, 0.2) is 47.1 Å². The Morgan fingerprint density at radius 1 is 1.25 bits per heavy atom. The molecule has 0 saturated heterocycles. The molecule has 6 heteroatoms. The Hall–Kier alpha value is -1.82. The number of hydrogen-bond donors (Lipinski definition) is 1. The predicted molar refractivity (Wildman–Crippen MR) is 96.4 cm³/mol. The van der Waals surface area contributed by atoms with Gasteiger partial charge in [-0.3, -0.25) is 4.79 Å². The van der Waals surface area contributed by atoms with Crippen molar-refractivity contribution >= 4 is 18.3 Å². The number of amides is 1. The number of ether oxygens (including phenoxy) is 1. The molecule has 2 aromatic rings. The van der Waals surface area contributed by atoms with Crippen LogP contribution in [0, 0.1) is 0 Å². The average molecular weight is 353 g/mol. The number of furan rings is 1. The topological polar surface area (TPSA) is 68.7 Å². The smallest absolute Gasteiger partial charge is 0.257 e. The highest BCUT2D eigenvalue weighted by Gasteiger charge is 2.17. The first kappa shape index (κ1) is 20.2. The molecule has 0 radical (unpaired) electrons. The molecule has 1 heterocycles. The third kappa shape index (κ3) is 6.00. The van der Waals surface area contributed by atoms with E-state index in [1.807, 2.05) is 18.2 Å². The normalized spacial score (nSPS) is 10.2. The molecule has 0 bridgehead atoms. The SMILES string of the molecule is COCCN(CCCc1ccccc1)C(=O)c1coc(CN)c1.Cl. The van der Waals surface area contributed by atoms with E-state index in [0.29, 0.717) is 37.6 Å². The van der Waals surface area contributed by atoms with Gasteiger partial charge in [-0.2, -0.15) is 0 Å². The first-order valence-corrected chi connectivity index (χ1v) is 7.84. The fourth-order valence-electron chi connectivity index (χ4n) is 2.42. The van der Waals surface area contributed by atoms with Gasteiger partial charge < -0.3 is 19.8 Å². The quantitative estimate of drug-likeness (QED) is 0.753. The fraction of sp³-hybridized carbons (Fsp3) is 0.389. The van der Waals surface area contributed by atoms with Gasteiger partial charge in [0.05, 0.1) is 18.7 Å². The van der Waals surface area contributed by atoms with Gasteiger partial charge in [0, 0.05) is 20.2 Å². The molecule has 1 aromatic heterocycles. The highest BCUT2D eigenvalue weighted by atomic mass is 35.5. The molecule has 0 unspecified atom stereocenters. The minimum Gasteiger partial charge on any atom is -0.467 e. The summed E-state index contributed by atoms with van der Waals surface area (Å²) in [6.45, 7) is 2.05. The van der Waals surface area contributed by atoms with Crippen LogP contribution in [0.3, 0.4) is 0 Å². The van der Waals surface area contributed by atoms with Crippen LogP contribution in [-0.2, 0) is 17.7 Å². The minimum atomic E-state index is -0.0430. The molecule has 132 valence electrons. The van der Waals surface area contributed by atoms with Gasteiger partial charge in [-0.05, 0) is 24.5 Å². The molecular weight excluding hydrogens is 328 g/mol. The summed E-state index contributed by atoms with van der Waals surface area (Å²) in [6.07, 6.45) is 3.32. The molecule has 5 nitrogen and oxygen atoms in total. The van der Waals surface area contributed by atoms with Crippen LogP contribution in [0.1, 0.15) is 28.1 Å². The van der Waals surface area contributed by atoms with E-state index in [1.165, 1.54) is 11.8 Å². The number of halogens is 1. The summed E-state index contributed by atoms with van der Waals surface area (Å²) in [5, 5.41) is 0. The number of benzene rings is 1. The number of carbonyl (C=O) groups excluding carboxylic acids is 1. The van der Waals surface area contributed by atoms with Crippen molar-refractivity contribution in [3.63, 3.8) is 0 Å². The van der Waals surface area contributed by atoms with Crippen molar-refractivity contribution in [2.24, 2.45) is 5.73 Å². The van der Waals surface area contributed by atoms with E-state index in [1.54, 1.807) is 18.1 Å². The molecule has 0 fully saturated rings. The van der Waals surface area contributed by atoms with Crippen molar-refractivity contribution in [3.05, 3.63) is 59.5 Å². The van der Waals surface area contributed by atoms with Gasteiger partial charge in [0.2, 0.25) is 0 Å². The molecule has 0 aliphatic carbocycles. The second-order valence-electron chi connectivity index (χ2n) is 5.38. The average Bonchev–Trinajstić information content (AvgIpc) is 3.07. The van der Waals surface area contributed by atoms with E-state index in [4.69, 9.17) is 14.9 Å². The summed E-state index contributed by atoms with van der Waals surface area (Å²) in [5.74, 6) is 0.572. The summed E-state index contributed by atoms with van der Waals surface area (Å²) in [7, 11) is 1.64. The molecule has 2 rings (SSSR count). The number of methoxy groups -OCH3 is 1. The zero-order valence-corrected chi connectivity index (χ0v) is 14.8. The van der Waals surface area contributed by atoms with Crippen molar-refractivity contribution in [1.29, 1.82) is 0 Å². The highest BCUT2D eigenvalue weighted by Crippen LogP contribution is 2.12. The first-order valence-electron chi connectivity index (χ1n) is 7.84. The summed E-state index contributed by atoms with van der Waals surface area (Å²) >= 11 is 0. The lowest BCUT2D eigenvalue weighted by Gasteiger charge is -2.21. The van der Waals surface area contributed by atoms with Crippen molar-refractivity contribution in [1.82, 2.24) is 4.90 Å². The van der Waals surface area contributed by atoms with Gasteiger partial charge in [-0.25, -0.2) is 0 Å². The van der Waals surface area contributed by atoms with E-state index in [2.05, 4.69) is 12.1 Å². The van der Waals surface area contributed by atoms with Crippen LogP contribution >= 0.6 is 12.4 Å². The van der Waals surface area contributed by atoms with E-state index >= 15 is 0 Å². The number of carbonyl (C=O) groups is 1. The summed E-state index contributed by atoms with van der Waals surface area (Å²) in [6, 6.07) is 12.0. The van der Waals surface area contributed by atoms with E-state index in [-0.39, 0.29) is 18.3 Å². The second kappa shape index (κ2) is 10.9. The van der Waals surface area contributed by atoms with Crippen LogP contribution in [0.4, 0.5) is 0 Å². The van der Waals surface area contributed by atoms with Gasteiger partial charge in [-0.1, -0.05) is 30.3 Å². The number of hydrogen-bond acceptors (Lipinski definition) is 4. The van der Waals surface area contributed by atoms with Crippen LogP contribution in [0.25, 0.3) is 0 Å². The van der Waals surface area contributed by atoms with Crippen LogP contribution in [0.2, 0.25) is 0 Å². The Labute approximate surface area is 149 Å². The van der Waals surface area contributed by atoms with Crippen molar-refractivity contribution in [3.8, 4) is 0 Å². The maximum atomic E-state index is 12.6. The van der Waals surface area contributed by atoms with Gasteiger partial charge in [0.15, 0.2) is 0 Å². The van der Waals surface area contributed by atoms with Crippen molar-refractivity contribution < 1.29 is 13.9 Å². The zero-order chi connectivity index (χ0) is 16.5. The third-order valence-corrected chi connectivity index (χ3v) is 3.69. The van der Waals surface area contributed by atoms with E-state index in [9.17, 15) is 4.79 Å². The van der Waals surface area contributed by atoms with Gasteiger partial charge in [-0.15, -0.1) is 12.4 Å². The Kier molecular flexibility index (Phi) is 9.15. The number of aryl methyl sites for hydroxylation is 1. The summed E-state index contributed by atoms with van der Waals surface area (Å²) in [5.41, 5.74) is 7.35. The molecule has 0 saturated carbocycles. The van der Waals surface area contributed by atoms with Gasteiger partial charge in [0.25, 0.3) is 5.91 Å². The van der Waals surface area contributed by atoms with Crippen LogP contribution in [-0.4, -0.2) is 37.6 Å². The number of nitrogens with zero attached hydrogens (tertiary/aromatic N) is 1. The lowest BCUT2D eigenvalue weighted by atomic mass is 10.1. The molecule has 2 N–H and O–H groups in total. The van der Waals surface area contributed by atoms with Crippen LogP contribution in [0.5, 0.6) is 0 Å². The standard InChI is InChI=1S/C18H24N2O3.ClH/c1-22-11-10-20(9-5-8-15-6-3-2-4-7-15)18(21)16-12-17(13-19)23-14-16;/h2-4,6-7,12,14H,5,8-11,13,19H2,1H3;1H. The Morgan fingerprint density at radius 2 is 2.00 bits per heavy atom. The predicted octanol–water partition coefficient (Wildman–Crippen LogP) is 2.88. The molecular formula is C18H25ClN2O3. The monoisotopic (exact) mass is 352 g/mol. The van der Waals surface area contributed by atoms with Crippen molar-refractivity contribution in [2.75, 3.05) is 26.8 Å². The van der Waals surface area contributed by atoms with E-state index < -0.39 is 0 Å². The third-order valence-electron chi connectivity index (χ3n) is 3.69. The summed E-state index contributed by atoms with van der Waals surface area (Å²) < 4.78 is 10.4. The largest absolute Gasteiger partial charge is 0.467 e. The lowest BCUT2D eigenvalue weighted by molar-refractivity contribution is 0.0692. The Bertz CT molecular complexity index is 601. The van der Waals surface area contributed by atoms with Crippen LogP contribution < -0.4 is 5.73 Å². The molecule has 0 aliphatic heterocycles. The number of rotatable bonds is 9. The first-order chi connectivity index (χ1) is 11.2. The fourth-order valence-corrected chi connectivity index (χ4v) is 2.42. The molecule has 1 aromatic carbocycles. The van der Waals surface area contributed by atoms with E-state index in [0.717, 1.165) is 12.8 Å². The highest BCUT2D eigenvalue weighted by molar-refractivity contribution is 5.94. The molecule has 0 atom stereocenters. The van der Waals surface area contributed by atoms with Crippen molar-refractivity contribution in [2.45, 2.75) is 19.4 Å². The Balaban J connectivity index is 0.00000288. The zero-order valence-electron chi connectivity index (χ0n) is 13.9. The lowest BCUT2D eigenvalue weighted by Crippen LogP contribution is -2.34. The van der Waals surface area contributed by atoms with Gasteiger partial charge in [0.1, 0.15) is 12.0 Å². The summed E-state index contributed by atoms with van der Waals surface area (Å²) in [4.78, 5) is 14.4. The molecule has 1 amide bonds. The Morgan fingerprint density at radius 3 is 2.62 bits per heavy atom. The van der Waals surface area contributed by atoms with Gasteiger partial charge >= 0.3 is 0 Å². The minimum absolute atomic E-state index is 0. The second-order valence-corrected chi connectivity index (χ2v) is 5.38. The number of nitrogens with two attached hydrogens (primary N) is 1.